The molecule has 0 aliphatic carbocycles. The van der Waals surface area contributed by atoms with Gasteiger partial charge in [0.2, 0.25) is 0 Å². The third-order valence-corrected chi connectivity index (χ3v) is 3.59. The summed E-state index contributed by atoms with van der Waals surface area (Å²) < 4.78 is 1.89. The predicted octanol–water partition coefficient (Wildman–Crippen LogP) is 2.93. The van der Waals surface area contributed by atoms with Gasteiger partial charge < -0.3 is 0 Å². The SMILES string of the molecule is CC(C)(c1ccccc1)c1nnc2ccc(C#N)cn12. The third-order valence-electron chi connectivity index (χ3n) is 3.59. The highest BCUT2D eigenvalue weighted by Gasteiger charge is 2.28. The van der Waals surface area contributed by atoms with Gasteiger partial charge in [-0.15, -0.1) is 10.2 Å². The van der Waals surface area contributed by atoms with Crippen molar-refractivity contribution in [3.63, 3.8) is 0 Å². The normalized spacial score (nSPS) is 11.4. The first-order chi connectivity index (χ1) is 9.63. The number of hydrogen-bond acceptors (Lipinski definition) is 3. The molecule has 98 valence electrons. The molecule has 3 rings (SSSR count). The first-order valence-corrected chi connectivity index (χ1v) is 6.44. The molecule has 0 radical (unpaired) electrons. The molecule has 4 nitrogen and oxygen atoms in total. The van der Waals surface area contributed by atoms with Crippen LogP contribution in [0.5, 0.6) is 0 Å². The zero-order valence-electron chi connectivity index (χ0n) is 11.4. The molecule has 2 aromatic heterocycles. The number of benzene rings is 1. The van der Waals surface area contributed by atoms with E-state index in [-0.39, 0.29) is 5.41 Å². The van der Waals surface area contributed by atoms with E-state index in [9.17, 15) is 0 Å². The van der Waals surface area contributed by atoms with Crippen molar-refractivity contribution in [1.82, 2.24) is 14.6 Å². The van der Waals surface area contributed by atoms with Gasteiger partial charge in [0, 0.05) is 6.20 Å². The van der Waals surface area contributed by atoms with Crippen LogP contribution in [0.3, 0.4) is 0 Å². The molecule has 20 heavy (non-hydrogen) atoms. The lowest BCUT2D eigenvalue weighted by atomic mass is 9.84. The van der Waals surface area contributed by atoms with Gasteiger partial charge in [0.25, 0.3) is 0 Å². The summed E-state index contributed by atoms with van der Waals surface area (Å²) in [5.41, 5.74) is 2.23. The van der Waals surface area contributed by atoms with Crippen LogP contribution in [-0.2, 0) is 5.41 Å². The number of hydrogen-bond donors (Lipinski definition) is 0. The number of pyridine rings is 1. The van der Waals surface area contributed by atoms with E-state index in [1.165, 1.54) is 0 Å². The van der Waals surface area contributed by atoms with Crippen LogP contribution in [0.4, 0.5) is 0 Å². The number of nitriles is 1. The van der Waals surface area contributed by atoms with E-state index in [0.717, 1.165) is 17.0 Å². The Hall–Kier alpha value is -2.67. The maximum absolute atomic E-state index is 9.04. The molecule has 2 heterocycles. The van der Waals surface area contributed by atoms with Crippen LogP contribution in [0, 0.1) is 11.3 Å². The summed E-state index contributed by atoms with van der Waals surface area (Å²) in [6.45, 7) is 4.22. The minimum atomic E-state index is -0.283. The molecule has 0 saturated heterocycles. The van der Waals surface area contributed by atoms with Crippen LogP contribution in [0.15, 0.2) is 48.7 Å². The molecule has 0 bridgehead atoms. The predicted molar refractivity (Wildman–Crippen MR) is 76.3 cm³/mol. The van der Waals surface area contributed by atoms with Gasteiger partial charge in [-0.3, -0.25) is 4.40 Å². The topological polar surface area (TPSA) is 54.0 Å². The van der Waals surface area contributed by atoms with Crippen molar-refractivity contribution in [3.8, 4) is 6.07 Å². The van der Waals surface area contributed by atoms with Gasteiger partial charge >= 0.3 is 0 Å². The van der Waals surface area contributed by atoms with Gasteiger partial charge in [-0.1, -0.05) is 30.3 Å². The van der Waals surface area contributed by atoms with Crippen molar-refractivity contribution in [1.29, 1.82) is 5.26 Å². The highest BCUT2D eigenvalue weighted by molar-refractivity contribution is 5.45. The van der Waals surface area contributed by atoms with Gasteiger partial charge in [0.1, 0.15) is 11.9 Å². The van der Waals surface area contributed by atoms with Gasteiger partial charge in [0.05, 0.1) is 11.0 Å². The van der Waals surface area contributed by atoms with E-state index >= 15 is 0 Å². The Morgan fingerprint density at radius 3 is 2.50 bits per heavy atom. The van der Waals surface area contributed by atoms with Crippen LogP contribution in [0.25, 0.3) is 5.65 Å². The van der Waals surface area contributed by atoms with Crippen molar-refractivity contribution in [3.05, 3.63) is 65.6 Å². The second-order valence-electron chi connectivity index (χ2n) is 5.27. The van der Waals surface area contributed by atoms with Crippen molar-refractivity contribution in [2.75, 3.05) is 0 Å². The summed E-state index contributed by atoms with van der Waals surface area (Å²) in [6.07, 6.45) is 1.79. The smallest absolute Gasteiger partial charge is 0.160 e. The minimum Gasteiger partial charge on any atom is -0.284 e. The zero-order valence-corrected chi connectivity index (χ0v) is 11.4. The standard InChI is InChI=1S/C16H14N4/c1-16(2,13-6-4-3-5-7-13)15-19-18-14-9-8-12(10-17)11-20(14)15/h3-9,11H,1-2H3. The average Bonchev–Trinajstić information content (AvgIpc) is 2.91. The molecule has 0 aliphatic rings. The molecular weight excluding hydrogens is 248 g/mol. The van der Waals surface area contributed by atoms with Crippen LogP contribution in [0.2, 0.25) is 0 Å². The molecule has 0 spiro atoms. The molecule has 0 unspecified atom stereocenters. The molecule has 0 N–H and O–H groups in total. The second-order valence-corrected chi connectivity index (χ2v) is 5.27. The number of aromatic nitrogens is 3. The molecule has 0 amide bonds. The number of rotatable bonds is 2. The number of fused-ring (bicyclic) bond motifs is 1. The van der Waals surface area contributed by atoms with Crippen molar-refractivity contribution in [2.45, 2.75) is 19.3 Å². The van der Waals surface area contributed by atoms with Crippen LogP contribution in [-0.4, -0.2) is 14.6 Å². The molecule has 0 atom stereocenters. The Morgan fingerprint density at radius 2 is 1.80 bits per heavy atom. The lowest BCUT2D eigenvalue weighted by Gasteiger charge is -2.23. The highest BCUT2D eigenvalue weighted by Crippen LogP contribution is 2.30. The van der Waals surface area contributed by atoms with Crippen molar-refractivity contribution in [2.24, 2.45) is 0 Å². The Bertz CT molecular complexity index is 794. The van der Waals surface area contributed by atoms with Gasteiger partial charge in [-0.2, -0.15) is 5.26 Å². The maximum Gasteiger partial charge on any atom is 0.160 e. The lowest BCUT2D eigenvalue weighted by molar-refractivity contribution is 0.582. The highest BCUT2D eigenvalue weighted by atomic mass is 15.3. The first-order valence-electron chi connectivity index (χ1n) is 6.44. The maximum atomic E-state index is 9.04. The third kappa shape index (κ3) is 1.84. The largest absolute Gasteiger partial charge is 0.284 e. The van der Waals surface area contributed by atoms with Crippen LogP contribution in [0.1, 0.15) is 30.8 Å². The summed E-state index contributed by atoms with van der Waals surface area (Å²) in [4.78, 5) is 0. The van der Waals surface area contributed by atoms with Gasteiger partial charge in [0.15, 0.2) is 5.65 Å². The molecule has 3 aromatic rings. The van der Waals surface area contributed by atoms with Crippen molar-refractivity contribution >= 4 is 5.65 Å². The molecule has 1 aromatic carbocycles. The fourth-order valence-corrected chi connectivity index (χ4v) is 2.37. The molecule has 4 heteroatoms. The zero-order chi connectivity index (χ0) is 14.2. The molecule has 0 fully saturated rings. The van der Waals surface area contributed by atoms with Gasteiger partial charge in [-0.05, 0) is 31.5 Å². The molecule has 0 aliphatic heterocycles. The Balaban J connectivity index is 2.22. The second kappa shape index (κ2) is 4.46. The fraction of sp³-hybridized carbons (Fsp3) is 0.188. The van der Waals surface area contributed by atoms with Crippen molar-refractivity contribution < 1.29 is 0 Å². The summed E-state index contributed by atoms with van der Waals surface area (Å²) in [7, 11) is 0. The van der Waals surface area contributed by atoms with Gasteiger partial charge in [-0.25, -0.2) is 0 Å². The van der Waals surface area contributed by atoms with E-state index in [1.807, 2.05) is 28.7 Å². The number of nitrogens with zero attached hydrogens (tertiary/aromatic N) is 4. The van der Waals surface area contributed by atoms with E-state index in [0.29, 0.717) is 5.56 Å². The van der Waals surface area contributed by atoms with Crippen LogP contribution < -0.4 is 0 Å². The first kappa shape index (κ1) is 12.4. The molecule has 0 saturated carbocycles. The monoisotopic (exact) mass is 262 g/mol. The lowest BCUT2D eigenvalue weighted by Crippen LogP contribution is -2.22. The van der Waals surface area contributed by atoms with E-state index < -0.39 is 0 Å². The van der Waals surface area contributed by atoms with E-state index in [2.05, 4.69) is 42.2 Å². The minimum absolute atomic E-state index is 0.283. The average molecular weight is 262 g/mol. The quantitative estimate of drug-likeness (QED) is 0.713. The van der Waals surface area contributed by atoms with E-state index in [1.54, 1.807) is 12.3 Å². The Morgan fingerprint density at radius 1 is 1.05 bits per heavy atom. The summed E-state index contributed by atoms with van der Waals surface area (Å²) in [5.74, 6) is 0.829. The Kier molecular flexibility index (Phi) is 2.76. The summed E-state index contributed by atoms with van der Waals surface area (Å²) >= 11 is 0. The van der Waals surface area contributed by atoms with E-state index in [4.69, 9.17) is 5.26 Å². The Labute approximate surface area is 117 Å². The fourth-order valence-electron chi connectivity index (χ4n) is 2.37. The summed E-state index contributed by atoms with van der Waals surface area (Å²) in [5, 5.41) is 17.6. The molecular formula is C16H14N4. The van der Waals surface area contributed by atoms with Crippen LogP contribution >= 0.6 is 0 Å². The summed E-state index contributed by atoms with van der Waals surface area (Å²) in [6, 6.07) is 15.9.